The van der Waals surface area contributed by atoms with Crippen molar-refractivity contribution < 1.29 is 28.7 Å². The summed E-state index contributed by atoms with van der Waals surface area (Å²) in [5.41, 5.74) is 5.53. The standard InChI is InChI=1S/C27H25N3O6/c31-21(28-29-24(32)17-9-5-2-6-10-17)15-36-27(35)20(13-16-7-3-1-4-8-16)30-25(33)22-18-11-12-19(14-18)23(22)26(30)34/h1-12,18-20,22-23H,13-15H2,(H,28,31)(H,29,32)/t18-,19-,20-,22-,23-/m0/s1. The number of benzene rings is 2. The van der Waals surface area contributed by atoms with Crippen LogP contribution in [-0.2, 0) is 30.3 Å². The zero-order chi connectivity index (χ0) is 25.2. The Morgan fingerprint density at radius 3 is 2.06 bits per heavy atom. The number of esters is 1. The van der Waals surface area contributed by atoms with E-state index in [1.807, 2.05) is 18.2 Å². The van der Waals surface area contributed by atoms with Crippen LogP contribution < -0.4 is 10.9 Å². The molecule has 0 unspecified atom stereocenters. The van der Waals surface area contributed by atoms with Crippen molar-refractivity contribution in [2.24, 2.45) is 23.7 Å². The number of carbonyl (C=O) groups excluding carboxylic acids is 5. The van der Waals surface area contributed by atoms with Crippen LogP contribution in [-0.4, -0.2) is 47.1 Å². The van der Waals surface area contributed by atoms with Gasteiger partial charge < -0.3 is 4.74 Å². The molecule has 9 nitrogen and oxygen atoms in total. The molecule has 1 saturated carbocycles. The number of rotatable bonds is 7. The van der Waals surface area contributed by atoms with E-state index in [-0.39, 0.29) is 30.1 Å². The fraction of sp³-hybridized carbons (Fsp3) is 0.296. The minimum absolute atomic E-state index is 0.00819. The van der Waals surface area contributed by atoms with Gasteiger partial charge in [-0.05, 0) is 36.0 Å². The highest BCUT2D eigenvalue weighted by molar-refractivity contribution is 6.09. The summed E-state index contributed by atoms with van der Waals surface area (Å²) in [7, 11) is 0. The number of likely N-dealkylation sites (tertiary alicyclic amines) is 1. The number of hydrazine groups is 1. The highest BCUT2D eigenvalue weighted by Crippen LogP contribution is 2.53. The van der Waals surface area contributed by atoms with Crippen LogP contribution in [0.2, 0.25) is 0 Å². The molecule has 0 aromatic heterocycles. The summed E-state index contributed by atoms with van der Waals surface area (Å²) in [6.07, 6.45) is 4.83. The first-order chi connectivity index (χ1) is 17.4. The van der Waals surface area contributed by atoms with Crippen LogP contribution in [0.1, 0.15) is 22.3 Å². The van der Waals surface area contributed by atoms with E-state index < -0.39 is 42.3 Å². The number of hydrogen-bond acceptors (Lipinski definition) is 6. The fourth-order valence-electron chi connectivity index (χ4n) is 5.41. The summed E-state index contributed by atoms with van der Waals surface area (Å²) >= 11 is 0. The van der Waals surface area contributed by atoms with Crippen molar-refractivity contribution in [1.82, 2.24) is 15.8 Å². The van der Waals surface area contributed by atoms with Gasteiger partial charge in [0.15, 0.2) is 6.61 Å². The van der Waals surface area contributed by atoms with Crippen molar-refractivity contribution in [2.45, 2.75) is 18.9 Å². The summed E-state index contributed by atoms with van der Waals surface area (Å²) in [5, 5.41) is 0. The maximum Gasteiger partial charge on any atom is 0.330 e. The molecule has 184 valence electrons. The van der Waals surface area contributed by atoms with Crippen molar-refractivity contribution in [3.8, 4) is 0 Å². The molecular formula is C27H25N3O6. The van der Waals surface area contributed by atoms with Gasteiger partial charge in [-0.1, -0.05) is 60.7 Å². The van der Waals surface area contributed by atoms with Gasteiger partial charge in [-0.3, -0.25) is 34.9 Å². The molecule has 2 aromatic rings. The largest absolute Gasteiger partial charge is 0.454 e. The van der Waals surface area contributed by atoms with Crippen LogP contribution in [0.3, 0.4) is 0 Å². The molecule has 5 rings (SSSR count). The highest BCUT2D eigenvalue weighted by atomic mass is 16.5. The van der Waals surface area contributed by atoms with Gasteiger partial charge in [0.05, 0.1) is 11.8 Å². The zero-order valence-electron chi connectivity index (χ0n) is 19.3. The molecule has 1 saturated heterocycles. The molecule has 0 spiro atoms. The van der Waals surface area contributed by atoms with Crippen LogP contribution in [0.15, 0.2) is 72.8 Å². The third-order valence-corrected chi connectivity index (χ3v) is 7.06. The minimum Gasteiger partial charge on any atom is -0.454 e. The van der Waals surface area contributed by atoms with Gasteiger partial charge in [0.2, 0.25) is 11.8 Å². The molecule has 4 amide bonds. The number of fused-ring (bicyclic) bond motifs is 5. The molecule has 2 aliphatic carbocycles. The van der Waals surface area contributed by atoms with Crippen LogP contribution >= 0.6 is 0 Å². The zero-order valence-corrected chi connectivity index (χ0v) is 19.3. The molecule has 3 aliphatic rings. The summed E-state index contributed by atoms with van der Waals surface area (Å²) in [4.78, 5) is 65.1. The van der Waals surface area contributed by atoms with Crippen molar-refractivity contribution in [2.75, 3.05) is 6.61 Å². The van der Waals surface area contributed by atoms with Gasteiger partial charge in [0.25, 0.3) is 11.8 Å². The van der Waals surface area contributed by atoms with Gasteiger partial charge in [-0.15, -0.1) is 0 Å². The van der Waals surface area contributed by atoms with Crippen LogP contribution in [0.5, 0.6) is 0 Å². The molecule has 5 atom stereocenters. The molecule has 2 aromatic carbocycles. The highest BCUT2D eigenvalue weighted by Gasteiger charge is 2.61. The van der Waals surface area contributed by atoms with Gasteiger partial charge in [-0.2, -0.15) is 0 Å². The first-order valence-electron chi connectivity index (χ1n) is 11.8. The second-order valence-electron chi connectivity index (χ2n) is 9.23. The van der Waals surface area contributed by atoms with Gasteiger partial charge in [0, 0.05) is 12.0 Å². The Kier molecular flexibility index (Phi) is 6.37. The fourth-order valence-corrected chi connectivity index (χ4v) is 5.41. The number of carbonyl (C=O) groups is 5. The van der Waals surface area contributed by atoms with Crippen molar-refractivity contribution >= 4 is 29.6 Å². The van der Waals surface area contributed by atoms with Gasteiger partial charge in [-0.25, -0.2) is 4.79 Å². The molecule has 2 N–H and O–H groups in total. The van der Waals surface area contributed by atoms with Gasteiger partial charge in [0.1, 0.15) is 6.04 Å². The molecule has 2 fully saturated rings. The van der Waals surface area contributed by atoms with E-state index in [0.717, 1.165) is 16.9 Å². The Balaban J connectivity index is 1.25. The molecule has 1 heterocycles. The summed E-state index contributed by atoms with van der Waals surface area (Å²) < 4.78 is 5.21. The summed E-state index contributed by atoms with van der Waals surface area (Å²) in [5.74, 6) is -3.75. The first-order valence-corrected chi connectivity index (χ1v) is 11.8. The number of allylic oxidation sites excluding steroid dienone is 2. The van der Waals surface area contributed by atoms with E-state index >= 15 is 0 Å². The average molecular weight is 488 g/mol. The summed E-state index contributed by atoms with van der Waals surface area (Å²) in [6.45, 7) is -0.685. The monoisotopic (exact) mass is 487 g/mol. The third kappa shape index (κ3) is 4.39. The topological polar surface area (TPSA) is 122 Å². The Morgan fingerprint density at radius 1 is 0.861 bits per heavy atom. The van der Waals surface area contributed by atoms with Crippen molar-refractivity contribution in [3.63, 3.8) is 0 Å². The second-order valence-corrected chi connectivity index (χ2v) is 9.23. The third-order valence-electron chi connectivity index (χ3n) is 7.06. The molecule has 0 radical (unpaired) electrons. The Bertz CT molecular complexity index is 1200. The maximum absolute atomic E-state index is 13.3. The lowest BCUT2D eigenvalue weighted by Gasteiger charge is -2.26. The quantitative estimate of drug-likeness (QED) is 0.264. The Morgan fingerprint density at radius 2 is 1.44 bits per heavy atom. The first kappa shape index (κ1) is 23.5. The Hall–Kier alpha value is -4.27. The van der Waals surface area contributed by atoms with Crippen LogP contribution in [0, 0.1) is 23.7 Å². The van der Waals surface area contributed by atoms with Crippen LogP contribution in [0.4, 0.5) is 0 Å². The number of ether oxygens (including phenoxy) is 1. The van der Waals surface area contributed by atoms with Crippen LogP contribution in [0.25, 0.3) is 0 Å². The number of hydrogen-bond donors (Lipinski definition) is 2. The number of amides is 4. The van der Waals surface area contributed by atoms with E-state index in [4.69, 9.17) is 4.74 Å². The molecule has 9 heteroatoms. The summed E-state index contributed by atoms with van der Waals surface area (Å²) in [6, 6.07) is 16.1. The van der Waals surface area contributed by atoms with E-state index in [2.05, 4.69) is 10.9 Å². The number of nitrogens with zero attached hydrogens (tertiary/aromatic N) is 1. The molecular weight excluding hydrogens is 462 g/mol. The normalized spacial score (nSPS) is 24.4. The number of nitrogens with one attached hydrogen (secondary N) is 2. The molecule has 2 bridgehead atoms. The minimum atomic E-state index is -1.19. The predicted octanol–water partition coefficient (Wildman–Crippen LogP) is 1.41. The SMILES string of the molecule is O=C(COC(=O)[C@H](Cc1ccccc1)N1C(=O)[C@@H]2[C@@H](C1=O)[C@H]1C=C[C@H]2C1)NNC(=O)c1ccccc1. The molecule has 1 aliphatic heterocycles. The lowest BCUT2D eigenvalue weighted by atomic mass is 9.85. The lowest BCUT2D eigenvalue weighted by Crippen LogP contribution is -2.49. The van der Waals surface area contributed by atoms with E-state index in [1.54, 1.807) is 54.6 Å². The lowest BCUT2D eigenvalue weighted by molar-refractivity contribution is -0.160. The van der Waals surface area contributed by atoms with Crippen molar-refractivity contribution in [1.29, 1.82) is 0 Å². The Labute approximate surface area is 207 Å². The number of imide groups is 1. The second kappa shape index (κ2) is 9.77. The molecule has 36 heavy (non-hydrogen) atoms. The van der Waals surface area contributed by atoms with Gasteiger partial charge >= 0.3 is 5.97 Å². The average Bonchev–Trinajstić information content (AvgIpc) is 3.59. The van der Waals surface area contributed by atoms with E-state index in [1.165, 1.54) is 0 Å². The van der Waals surface area contributed by atoms with E-state index in [9.17, 15) is 24.0 Å². The van der Waals surface area contributed by atoms with Crippen molar-refractivity contribution in [3.05, 3.63) is 83.9 Å². The maximum atomic E-state index is 13.3. The van der Waals surface area contributed by atoms with E-state index in [0.29, 0.717) is 5.56 Å². The predicted molar refractivity (Wildman–Crippen MR) is 127 cm³/mol. The smallest absolute Gasteiger partial charge is 0.330 e.